The van der Waals surface area contributed by atoms with Crippen LogP contribution >= 0.6 is 0 Å². The van der Waals surface area contributed by atoms with E-state index in [-0.39, 0.29) is 5.56 Å². The van der Waals surface area contributed by atoms with Crippen LogP contribution in [0.4, 0.5) is 0 Å². The molecule has 1 aliphatic rings. The molecule has 6 heteroatoms. The lowest BCUT2D eigenvalue weighted by Crippen LogP contribution is -2.29. The molecule has 100 valence electrons. The van der Waals surface area contributed by atoms with Gasteiger partial charge in [0.15, 0.2) is 11.5 Å². The van der Waals surface area contributed by atoms with Gasteiger partial charge in [0.25, 0.3) is 0 Å². The number of nitrogens with zero attached hydrogens (tertiary/aromatic N) is 4. The topological polar surface area (TPSA) is 70.7 Å². The third-order valence-corrected chi connectivity index (χ3v) is 3.54. The number of carboxylic acids is 1. The lowest BCUT2D eigenvalue weighted by molar-refractivity contribution is 0.0697. The SMILES string of the molecule is O=C(O)c1ccn2c(CN3CCCCC3)nnc2c1. The molecule has 1 saturated heterocycles. The Kier molecular flexibility index (Phi) is 3.16. The summed E-state index contributed by atoms with van der Waals surface area (Å²) in [5, 5.41) is 17.2. The van der Waals surface area contributed by atoms with Crippen LogP contribution < -0.4 is 0 Å². The van der Waals surface area contributed by atoms with Gasteiger partial charge in [-0.1, -0.05) is 6.42 Å². The molecule has 0 saturated carbocycles. The van der Waals surface area contributed by atoms with Crippen LogP contribution in [0.2, 0.25) is 0 Å². The lowest BCUT2D eigenvalue weighted by atomic mass is 10.1. The molecule has 3 rings (SSSR count). The Morgan fingerprint density at radius 3 is 2.79 bits per heavy atom. The first-order chi connectivity index (χ1) is 9.24. The summed E-state index contributed by atoms with van der Waals surface area (Å²) >= 11 is 0. The molecule has 0 bridgehead atoms. The van der Waals surface area contributed by atoms with E-state index >= 15 is 0 Å². The van der Waals surface area contributed by atoms with Crippen LogP contribution in [0, 0.1) is 0 Å². The average molecular weight is 260 g/mol. The van der Waals surface area contributed by atoms with E-state index in [4.69, 9.17) is 5.11 Å². The Hall–Kier alpha value is -1.95. The van der Waals surface area contributed by atoms with Crippen molar-refractivity contribution in [2.45, 2.75) is 25.8 Å². The van der Waals surface area contributed by atoms with Gasteiger partial charge in [0.2, 0.25) is 0 Å². The molecule has 0 radical (unpaired) electrons. The van der Waals surface area contributed by atoms with Gasteiger partial charge in [0.05, 0.1) is 12.1 Å². The van der Waals surface area contributed by atoms with E-state index < -0.39 is 5.97 Å². The van der Waals surface area contributed by atoms with Gasteiger partial charge in [-0.25, -0.2) is 4.79 Å². The highest BCUT2D eigenvalue weighted by molar-refractivity contribution is 5.88. The molecule has 3 heterocycles. The third kappa shape index (κ3) is 2.44. The zero-order valence-corrected chi connectivity index (χ0v) is 10.6. The fourth-order valence-corrected chi connectivity index (χ4v) is 2.50. The summed E-state index contributed by atoms with van der Waals surface area (Å²) in [5.74, 6) is -0.0723. The first kappa shape index (κ1) is 12.1. The zero-order chi connectivity index (χ0) is 13.2. The Morgan fingerprint density at radius 2 is 2.05 bits per heavy atom. The van der Waals surface area contributed by atoms with Crippen LogP contribution in [0.25, 0.3) is 5.65 Å². The van der Waals surface area contributed by atoms with Crippen molar-refractivity contribution in [3.8, 4) is 0 Å². The molecular weight excluding hydrogens is 244 g/mol. The molecule has 0 aromatic carbocycles. The molecular formula is C13H16N4O2. The molecule has 0 amide bonds. The predicted molar refractivity (Wildman–Crippen MR) is 69.1 cm³/mol. The molecule has 0 unspecified atom stereocenters. The number of aromatic nitrogens is 3. The molecule has 0 aliphatic carbocycles. The monoisotopic (exact) mass is 260 g/mol. The van der Waals surface area contributed by atoms with Crippen LogP contribution in [0.1, 0.15) is 35.4 Å². The number of piperidine rings is 1. The summed E-state index contributed by atoms with van der Waals surface area (Å²) in [6, 6.07) is 3.13. The maximum absolute atomic E-state index is 10.9. The van der Waals surface area contributed by atoms with Crippen LogP contribution in [0.3, 0.4) is 0 Å². The van der Waals surface area contributed by atoms with Crippen molar-refractivity contribution in [2.24, 2.45) is 0 Å². The number of carbonyl (C=O) groups is 1. The maximum atomic E-state index is 10.9. The number of likely N-dealkylation sites (tertiary alicyclic amines) is 1. The van der Waals surface area contributed by atoms with Crippen LogP contribution in [-0.4, -0.2) is 43.7 Å². The average Bonchev–Trinajstić information content (AvgIpc) is 2.82. The van der Waals surface area contributed by atoms with E-state index in [1.807, 2.05) is 4.40 Å². The standard InChI is InChI=1S/C13H16N4O2/c18-13(19)10-4-7-17-11(8-10)14-15-12(17)9-16-5-2-1-3-6-16/h4,7-8H,1-3,5-6,9H2,(H,18,19). The minimum absolute atomic E-state index is 0.240. The number of rotatable bonds is 3. The van der Waals surface area contributed by atoms with Gasteiger partial charge in [-0.15, -0.1) is 10.2 Å². The Bertz CT molecular complexity index is 602. The number of carboxylic acid groups (broad SMARTS) is 1. The molecule has 1 fully saturated rings. The van der Waals surface area contributed by atoms with Gasteiger partial charge in [-0.05, 0) is 38.1 Å². The Balaban J connectivity index is 1.86. The lowest BCUT2D eigenvalue weighted by Gasteiger charge is -2.25. The summed E-state index contributed by atoms with van der Waals surface area (Å²) in [4.78, 5) is 13.3. The third-order valence-electron chi connectivity index (χ3n) is 3.54. The van der Waals surface area contributed by atoms with Gasteiger partial charge < -0.3 is 5.11 Å². The van der Waals surface area contributed by atoms with Crippen molar-refractivity contribution in [2.75, 3.05) is 13.1 Å². The summed E-state index contributed by atoms with van der Waals surface area (Å²) < 4.78 is 1.86. The van der Waals surface area contributed by atoms with Gasteiger partial charge in [0, 0.05) is 6.20 Å². The van der Waals surface area contributed by atoms with E-state index in [2.05, 4.69) is 15.1 Å². The number of hydrogen-bond acceptors (Lipinski definition) is 4. The summed E-state index contributed by atoms with van der Waals surface area (Å²) in [7, 11) is 0. The second-order valence-corrected chi connectivity index (χ2v) is 4.90. The highest BCUT2D eigenvalue weighted by atomic mass is 16.4. The summed E-state index contributed by atoms with van der Waals surface area (Å²) in [6.07, 6.45) is 5.51. The molecule has 2 aromatic heterocycles. The Labute approximate surface area is 110 Å². The molecule has 0 spiro atoms. The summed E-state index contributed by atoms with van der Waals surface area (Å²) in [6.45, 7) is 2.97. The second kappa shape index (κ2) is 4.97. The number of hydrogen-bond donors (Lipinski definition) is 1. The van der Waals surface area contributed by atoms with Gasteiger partial charge >= 0.3 is 5.97 Å². The van der Waals surface area contributed by atoms with Crippen molar-refractivity contribution < 1.29 is 9.90 Å². The number of aromatic carboxylic acids is 1. The molecule has 2 aromatic rings. The minimum Gasteiger partial charge on any atom is -0.478 e. The summed E-state index contributed by atoms with van der Waals surface area (Å²) in [5.41, 5.74) is 0.830. The van der Waals surface area contributed by atoms with Crippen molar-refractivity contribution in [1.82, 2.24) is 19.5 Å². The number of pyridine rings is 1. The zero-order valence-electron chi connectivity index (χ0n) is 10.6. The second-order valence-electron chi connectivity index (χ2n) is 4.90. The fraction of sp³-hybridized carbons (Fsp3) is 0.462. The predicted octanol–water partition coefficient (Wildman–Crippen LogP) is 1.41. The van der Waals surface area contributed by atoms with E-state index in [1.54, 1.807) is 18.3 Å². The number of fused-ring (bicyclic) bond motifs is 1. The fourth-order valence-electron chi connectivity index (χ4n) is 2.50. The van der Waals surface area contributed by atoms with Gasteiger partial charge in [0.1, 0.15) is 0 Å². The van der Waals surface area contributed by atoms with Crippen molar-refractivity contribution in [3.63, 3.8) is 0 Å². The quantitative estimate of drug-likeness (QED) is 0.903. The molecule has 6 nitrogen and oxygen atoms in total. The molecule has 1 N–H and O–H groups in total. The molecule has 1 aliphatic heterocycles. The van der Waals surface area contributed by atoms with E-state index in [1.165, 1.54) is 19.3 Å². The highest BCUT2D eigenvalue weighted by Crippen LogP contribution is 2.13. The van der Waals surface area contributed by atoms with Crippen LogP contribution in [0.5, 0.6) is 0 Å². The van der Waals surface area contributed by atoms with E-state index in [0.29, 0.717) is 5.65 Å². The Morgan fingerprint density at radius 1 is 1.26 bits per heavy atom. The normalized spacial score (nSPS) is 16.8. The van der Waals surface area contributed by atoms with Gasteiger partial charge in [-0.3, -0.25) is 9.30 Å². The van der Waals surface area contributed by atoms with Crippen LogP contribution in [0.15, 0.2) is 18.3 Å². The van der Waals surface area contributed by atoms with E-state index in [0.717, 1.165) is 25.5 Å². The van der Waals surface area contributed by atoms with Crippen molar-refractivity contribution in [1.29, 1.82) is 0 Å². The molecule has 0 atom stereocenters. The van der Waals surface area contributed by atoms with Gasteiger partial charge in [-0.2, -0.15) is 0 Å². The molecule has 19 heavy (non-hydrogen) atoms. The first-order valence-corrected chi connectivity index (χ1v) is 6.53. The smallest absolute Gasteiger partial charge is 0.335 e. The highest BCUT2D eigenvalue weighted by Gasteiger charge is 2.14. The maximum Gasteiger partial charge on any atom is 0.335 e. The van der Waals surface area contributed by atoms with Crippen molar-refractivity contribution >= 4 is 11.6 Å². The van der Waals surface area contributed by atoms with Crippen molar-refractivity contribution in [3.05, 3.63) is 29.7 Å². The first-order valence-electron chi connectivity index (χ1n) is 6.53. The largest absolute Gasteiger partial charge is 0.478 e. The minimum atomic E-state index is -0.942. The van der Waals surface area contributed by atoms with E-state index in [9.17, 15) is 4.79 Å². The van der Waals surface area contributed by atoms with Crippen LogP contribution in [-0.2, 0) is 6.54 Å².